The maximum atomic E-state index is 12.7. The number of ether oxygens (including phenoxy) is 2. The smallest absolute Gasteiger partial charge is 0.411 e. The molecule has 2 aromatic carbocycles. The summed E-state index contributed by atoms with van der Waals surface area (Å²) in [5.41, 5.74) is 3.42. The number of rotatable bonds is 4. The van der Waals surface area contributed by atoms with E-state index >= 15 is 0 Å². The molecule has 0 spiro atoms. The second-order valence-electron chi connectivity index (χ2n) is 8.25. The summed E-state index contributed by atoms with van der Waals surface area (Å²) in [5, 5.41) is 4.03. The average molecular weight is 438 g/mol. The maximum absolute atomic E-state index is 12.7. The Kier molecular flexibility index (Phi) is 5.44. The summed E-state index contributed by atoms with van der Waals surface area (Å²) >= 11 is 5.68. The Balaban J connectivity index is 1.24. The Morgan fingerprint density at radius 1 is 1.16 bits per heavy atom. The number of hydrogen-bond acceptors (Lipinski definition) is 4. The van der Waals surface area contributed by atoms with E-state index in [1.165, 1.54) is 11.1 Å². The third-order valence-corrected chi connectivity index (χ3v) is 6.84. The molecule has 2 fully saturated rings. The van der Waals surface area contributed by atoms with Crippen LogP contribution in [0.3, 0.4) is 0 Å². The number of likely N-dealkylation sites (tertiary alicyclic amines) is 1. The minimum atomic E-state index is -0.172. The van der Waals surface area contributed by atoms with Crippen molar-refractivity contribution in [1.29, 1.82) is 0 Å². The van der Waals surface area contributed by atoms with Crippen LogP contribution in [0.25, 0.3) is 0 Å². The first-order valence-corrected chi connectivity index (χ1v) is 11.4. The zero-order chi connectivity index (χ0) is 21.4. The number of piperidine rings is 1. The van der Waals surface area contributed by atoms with Crippen LogP contribution in [0.1, 0.15) is 36.9 Å². The molecule has 1 N–H and O–H groups in total. The van der Waals surface area contributed by atoms with Gasteiger partial charge in [0.15, 0.2) is 5.11 Å². The Hall–Kier alpha value is -2.80. The molecule has 2 aromatic rings. The van der Waals surface area contributed by atoms with Crippen LogP contribution in [0, 0.1) is 0 Å². The molecule has 6 nitrogen and oxygen atoms in total. The third kappa shape index (κ3) is 3.71. The number of benzene rings is 2. The fraction of sp³-hybridized carbons (Fsp3) is 0.417. The van der Waals surface area contributed by atoms with E-state index < -0.39 is 0 Å². The minimum Gasteiger partial charge on any atom is -0.492 e. The van der Waals surface area contributed by atoms with E-state index in [2.05, 4.69) is 34.5 Å². The highest BCUT2D eigenvalue weighted by Crippen LogP contribution is 2.44. The molecule has 0 radical (unpaired) electrons. The van der Waals surface area contributed by atoms with Crippen LogP contribution in [-0.4, -0.2) is 52.8 Å². The summed E-state index contributed by atoms with van der Waals surface area (Å²) in [6, 6.07) is 16.4. The predicted octanol–water partition coefficient (Wildman–Crippen LogP) is 4.36. The van der Waals surface area contributed by atoms with Crippen molar-refractivity contribution in [1.82, 2.24) is 9.80 Å². The summed E-state index contributed by atoms with van der Waals surface area (Å²) in [7, 11) is 0. The van der Waals surface area contributed by atoms with Crippen molar-refractivity contribution >= 4 is 29.1 Å². The van der Waals surface area contributed by atoms with Gasteiger partial charge in [-0.05, 0) is 55.2 Å². The number of para-hydroxylation sites is 2. The molecule has 0 unspecified atom stereocenters. The van der Waals surface area contributed by atoms with Crippen molar-refractivity contribution in [3.05, 3.63) is 59.7 Å². The van der Waals surface area contributed by atoms with Gasteiger partial charge in [0.1, 0.15) is 11.9 Å². The number of hydrogen-bond donors (Lipinski definition) is 1. The quantitative estimate of drug-likeness (QED) is 0.717. The molecule has 0 bridgehead atoms. The van der Waals surface area contributed by atoms with Gasteiger partial charge in [0.2, 0.25) is 0 Å². The molecule has 162 valence electrons. The van der Waals surface area contributed by atoms with Crippen LogP contribution in [0.2, 0.25) is 0 Å². The van der Waals surface area contributed by atoms with E-state index in [0.29, 0.717) is 11.7 Å². The molecule has 2 heterocycles. The monoisotopic (exact) mass is 437 g/mol. The lowest BCUT2D eigenvalue weighted by Crippen LogP contribution is -2.48. The van der Waals surface area contributed by atoms with Crippen LogP contribution >= 0.6 is 12.2 Å². The van der Waals surface area contributed by atoms with Gasteiger partial charge in [-0.25, -0.2) is 4.79 Å². The van der Waals surface area contributed by atoms with E-state index in [-0.39, 0.29) is 24.3 Å². The molecular weight excluding hydrogens is 410 g/mol. The molecule has 2 saturated heterocycles. The van der Waals surface area contributed by atoms with Crippen LogP contribution in [-0.2, 0) is 11.2 Å². The van der Waals surface area contributed by atoms with Crippen molar-refractivity contribution in [3.63, 3.8) is 0 Å². The maximum Gasteiger partial charge on any atom is 0.411 e. The third-order valence-electron chi connectivity index (χ3n) is 6.48. The highest BCUT2D eigenvalue weighted by Gasteiger charge is 2.50. The topological polar surface area (TPSA) is 54.0 Å². The van der Waals surface area contributed by atoms with Crippen LogP contribution < -0.4 is 10.1 Å². The Bertz CT molecular complexity index is 990. The predicted molar refractivity (Wildman–Crippen MR) is 123 cm³/mol. The van der Waals surface area contributed by atoms with E-state index in [1.807, 2.05) is 36.1 Å². The van der Waals surface area contributed by atoms with Crippen molar-refractivity contribution < 1.29 is 14.3 Å². The fourth-order valence-electron chi connectivity index (χ4n) is 5.05. The number of carbonyl (C=O) groups is 1. The van der Waals surface area contributed by atoms with Crippen molar-refractivity contribution in [3.8, 4) is 5.75 Å². The summed E-state index contributed by atoms with van der Waals surface area (Å²) in [6.07, 6.45) is 2.33. The van der Waals surface area contributed by atoms with Gasteiger partial charge in [0.05, 0.1) is 18.3 Å². The summed E-state index contributed by atoms with van der Waals surface area (Å²) in [6.45, 7) is 4.18. The average Bonchev–Trinajstić information content (AvgIpc) is 3.29. The summed E-state index contributed by atoms with van der Waals surface area (Å²) in [4.78, 5) is 16.9. The molecule has 31 heavy (non-hydrogen) atoms. The zero-order valence-corrected chi connectivity index (χ0v) is 18.4. The van der Waals surface area contributed by atoms with Gasteiger partial charge in [-0.15, -0.1) is 0 Å². The van der Waals surface area contributed by atoms with Gasteiger partial charge in [-0.3, -0.25) is 4.90 Å². The first kappa shape index (κ1) is 20.1. The van der Waals surface area contributed by atoms with Gasteiger partial charge in [-0.1, -0.05) is 36.4 Å². The SMILES string of the molecule is CCOc1ccccc1NC(=S)N1CCC(N2C(=O)O[C@@H]3Cc4ccccc4[C@@H]32)CC1. The molecule has 0 aromatic heterocycles. The molecule has 3 aliphatic rings. The number of anilines is 1. The Morgan fingerprint density at radius 3 is 2.71 bits per heavy atom. The lowest BCUT2D eigenvalue weighted by Gasteiger charge is -2.39. The van der Waals surface area contributed by atoms with E-state index in [4.69, 9.17) is 21.7 Å². The van der Waals surface area contributed by atoms with E-state index in [9.17, 15) is 4.79 Å². The largest absolute Gasteiger partial charge is 0.492 e. The molecule has 1 amide bonds. The molecule has 7 heteroatoms. The number of thiocarbonyl (C=S) groups is 1. The van der Waals surface area contributed by atoms with Crippen molar-refractivity contribution in [2.45, 2.75) is 44.4 Å². The highest BCUT2D eigenvalue weighted by atomic mass is 32.1. The van der Waals surface area contributed by atoms with Gasteiger partial charge in [0.25, 0.3) is 0 Å². The number of nitrogens with zero attached hydrogens (tertiary/aromatic N) is 2. The summed E-state index contributed by atoms with van der Waals surface area (Å²) in [5.74, 6) is 0.799. The molecule has 0 saturated carbocycles. The van der Waals surface area contributed by atoms with Crippen molar-refractivity contribution in [2.75, 3.05) is 25.0 Å². The van der Waals surface area contributed by atoms with Crippen LogP contribution in [0.4, 0.5) is 10.5 Å². The molecule has 5 rings (SSSR count). The lowest BCUT2D eigenvalue weighted by atomic mass is 9.99. The molecular formula is C24H27N3O3S. The first-order chi connectivity index (χ1) is 15.2. The second-order valence-corrected chi connectivity index (χ2v) is 8.64. The lowest BCUT2D eigenvalue weighted by molar-refractivity contribution is 0.118. The Labute approximate surface area is 188 Å². The van der Waals surface area contributed by atoms with E-state index in [0.717, 1.165) is 43.8 Å². The molecule has 2 atom stereocenters. The zero-order valence-electron chi connectivity index (χ0n) is 17.6. The van der Waals surface area contributed by atoms with E-state index in [1.54, 1.807) is 0 Å². The minimum absolute atomic E-state index is 0.0448. The first-order valence-electron chi connectivity index (χ1n) is 11.0. The molecule has 1 aliphatic carbocycles. The normalized spacial score (nSPS) is 22.7. The number of amides is 1. The number of nitrogens with one attached hydrogen (secondary N) is 1. The van der Waals surface area contributed by atoms with Gasteiger partial charge >= 0.3 is 6.09 Å². The second kappa shape index (κ2) is 8.38. The van der Waals surface area contributed by atoms with Gasteiger partial charge < -0.3 is 19.7 Å². The number of fused-ring (bicyclic) bond motifs is 3. The van der Waals surface area contributed by atoms with Gasteiger partial charge in [0, 0.05) is 25.6 Å². The Morgan fingerprint density at radius 2 is 1.90 bits per heavy atom. The standard InChI is InChI=1S/C24H27N3O3S/c1-2-29-20-10-6-5-9-19(20)25-23(31)26-13-11-17(12-14-26)27-22-18-8-4-3-7-16(18)15-21(22)30-24(27)28/h3-10,17,21-22H,2,11-15H2,1H3,(H,25,31)/t21-,22+/m1/s1. The molecule has 2 aliphatic heterocycles. The van der Waals surface area contributed by atoms with Crippen LogP contribution in [0.15, 0.2) is 48.5 Å². The van der Waals surface area contributed by atoms with Crippen LogP contribution in [0.5, 0.6) is 5.75 Å². The summed E-state index contributed by atoms with van der Waals surface area (Å²) < 4.78 is 11.4. The fourth-order valence-corrected chi connectivity index (χ4v) is 5.34. The number of carbonyl (C=O) groups excluding carboxylic acids is 1. The highest BCUT2D eigenvalue weighted by molar-refractivity contribution is 7.80. The van der Waals surface area contributed by atoms with Crippen molar-refractivity contribution in [2.24, 2.45) is 0 Å². The van der Waals surface area contributed by atoms with Gasteiger partial charge in [-0.2, -0.15) is 0 Å².